The third-order valence-corrected chi connectivity index (χ3v) is 7.57. The van der Waals surface area contributed by atoms with Crippen LogP contribution < -0.4 is 20.5 Å². The predicted molar refractivity (Wildman–Crippen MR) is 142 cm³/mol. The van der Waals surface area contributed by atoms with Crippen LogP contribution in [0.25, 0.3) is 21.1 Å². The van der Waals surface area contributed by atoms with Crippen molar-refractivity contribution in [3.63, 3.8) is 0 Å². The SMILES string of the molecule is CC(C)Oc1ccc(-c2nnc(-c3cccc4c3CCC[C@@H]4NC(=O)CCNS(C)(=O)=O)s2)cc1N. The number of benzene rings is 2. The average molecular weight is 530 g/mol. The van der Waals surface area contributed by atoms with Crippen LogP contribution >= 0.6 is 11.3 Å². The van der Waals surface area contributed by atoms with Crippen LogP contribution in [0.2, 0.25) is 0 Å². The molecule has 1 aliphatic rings. The Morgan fingerprint density at radius 3 is 2.72 bits per heavy atom. The number of anilines is 1. The van der Waals surface area contributed by atoms with Gasteiger partial charge in [-0.1, -0.05) is 29.5 Å². The first kappa shape index (κ1) is 26.1. The quantitative estimate of drug-likeness (QED) is 0.360. The van der Waals surface area contributed by atoms with Gasteiger partial charge in [0.25, 0.3) is 0 Å². The van der Waals surface area contributed by atoms with E-state index in [2.05, 4.69) is 20.2 Å². The molecule has 192 valence electrons. The Morgan fingerprint density at radius 1 is 1.22 bits per heavy atom. The molecule has 4 rings (SSSR count). The van der Waals surface area contributed by atoms with Crippen LogP contribution in [0.5, 0.6) is 5.75 Å². The number of nitrogens with one attached hydrogen (secondary N) is 2. The number of ether oxygens (including phenoxy) is 1. The lowest BCUT2D eigenvalue weighted by Crippen LogP contribution is -2.34. The van der Waals surface area contributed by atoms with Gasteiger partial charge in [-0.05, 0) is 62.4 Å². The van der Waals surface area contributed by atoms with E-state index in [0.717, 1.165) is 57.8 Å². The lowest BCUT2D eigenvalue weighted by Gasteiger charge is -2.27. The fourth-order valence-corrected chi connectivity index (χ4v) is 5.67. The molecule has 1 aliphatic carbocycles. The van der Waals surface area contributed by atoms with Crippen molar-refractivity contribution < 1.29 is 17.9 Å². The Morgan fingerprint density at radius 2 is 2.00 bits per heavy atom. The second-order valence-corrected chi connectivity index (χ2v) is 11.9. The van der Waals surface area contributed by atoms with Gasteiger partial charge in [-0.25, -0.2) is 13.1 Å². The van der Waals surface area contributed by atoms with Gasteiger partial charge in [-0.15, -0.1) is 10.2 Å². The summed E-state index contributed by atoms with van der Waals surface area (Å²) in [4.78, 5) is 12.4. The molecule has 9 nitrogen and oxygen atoms in total. The van der Waals surface area contributed by atoms with E-state index in [4.69, 9.17) is 10.5 Å². The molecule has 1 heterocycles. The smallest absolute Gasteiger partial charge is 0.221 e. The number of nitrogens with two attached hydrogens (primary N) is 1. The van der Waals surface area contributed by atoms with E-state index in [9.17, 15) is 13.2 Å². The molecule has 1 atom stereocenters. The van der Waals surface area contributed by atoms with Gasteiger partial charge >= 0.3 is 0 Å². The summed E-state index contributed by atoms with van der Waals surface area (Å²) in [6, 6.07) is 11.6. The van der Waals surface area contributed by atoms with Crippen molar-refractivity contribution in [3.05, 3.63) is 47.5 Å². The minimum atomic E-state index is -3.32. The second-order valence-electron chi connectivity index (χ2n) is 9.13. The molecular weight excluding hydrogens is 498 g/mol. The number of rotatable bonds is 9. The van der Waals surface area contributed by atoms with Gasteiger partial charge < -0.3 is 15.8 Å². The van der Waals surface area contributed by atoms with Gasteiger partial charge in [-0.2, -0.15) is 0 Å². The Balaban J connectivity index is 1.52. The van der Waals surface area contributed by atoms with Gasteiger partial charge in [0.05, 0.1) is 24.1 Å². The summed E-state index contributed by atoms with van der Waals surface area (Å²) in [7, 11) is -3.32. The van der Waals surface area contributed by atoms with Gasteiger partial charge in [0.1, 0.15) is 15.8 Å². The molecule has 4 N–H and O–H groups in total. The highest BCUT2D eigenvalue weighted by atomic mass is 32.2. The van der Waals surface area contributed by atoms with Crippen molar-refractivity contribution in [1.29, 1.82) is 0 Å². The summed E-state index contributed by atoms with van der Waals surface area (Å²) in [5, 5.41) is 13.5. The monoisotopic (exact) mass is 529 g/mol. The zero-order valence-electron chi connectivity index (χ0n) is 20.6. The first-order valence-corrected chi connectivity index (χ1v) is 14.6. The maximum absolute atomic E-state index is 12.4. The van der Waals surface area contributed by atoms with Crippen LogP contribution in [0, 0.1) is 0 Å². The molecule has 2 aromatic carbocycles. The topological polar surface area (TPSA) is 136 Å². The molecule has 0 fully saturated rings. The van der Waals surface area contributed by atoms with Crippen molar-refractivity contribution in [1.82, 2.24) is 20.2 Å². The molecule has 0 unspecified atom stereocenters. The highest BCUT2D eigenvalue weighted by Crippen LogP contribution is 2.39. The van der Waals surface area contributed by atoms with Crippen LogP contribution in [0.3, 0.4) is 0 Å². The summed E-state index contributed by atoms with van der Waals surface area (Å²) in [5.74, 6) is 0.464. The standard InChI is InChI=1S/C25H31N5O4S2/c1-15(2)34-22-11-10-16(14-20(22)26)24-29-30-25(35-24)19-8-4-7-18-17(19)6-5-9-21(18)28-23(31)12-13-27-36(3,32)33/h4,7-8,10-11,14-15,21,27H,5-6,9,12-13,26H2,1-3H3,(H,28,31)/t21-/m0/s1. The molecule has 11 heteroatoms. The van der Waals surface area contributed by atoms with Crippen LogP contribution in [0.4, 0.5) is 5.69 Å². The molecule has 0 saturated carbocycles. The Hall–Kier alpha value is -3.02. The molecule has 36 heavy (non-hydrogen) atoms. The van der Waals surface area contributed by atoms with E-state index in [1.165, 1.54) is 11.3 Å². The molecule has 0 saturated heterocycles. The minimum Gasteiger partial charge on any atom is -0.489 e. The third kappa shape index (κ3) is 6.40. The van der Waals surface area contributed by atoms with E-state index < -0.39 is 10.0 Å². The summed E-state index contributed by atoms with van der Waals surface area (Å²) in [5.41, 5.74) is 10.9. The van der Waals surface area contributed by atoms with E-state index in [1.807, 2.05) is 50.2 Å². The lowest BCUT2D eigenvalue weighted by molar-refractivity contribution is -0.121. The van der Waals surface area contributed by atoms with Crippen molar-refractivity contribution in [2.45, 2.75) is 51.7 Å². The predicted octanol–water partition coefficient (Wildman–Crippen LogP) is 3.67. The maximum Gasteiger partial charge on any atom is 0.221 e. The fraction of sp³-hybridized carbons (Fsp3) is 0.400. The Labute approximate surface area is 215 Å². The van der Waals surface area contributed by atoms with Crippen LogP contribution in [-0.2, 0) is 21.2 Å². The molecule has 3 aromatic rings. The van der Waals surface area contributed by atoms with Crippen LogP contribution in [0.1, 0.15) is 50.3 Å². The number of fused-ring (bicyclic) bond motifs is 1. The molecule has 0 aliphatic heterocycles. The molecule has 0 spiro atoms. The normalized spacial score (nSPS) is 15.5. The van der Waals surface area contributed by atoms with Gasteiger partial charge in [0.2, 0.25) is 15.9 Å². The Bertz CT molecular complexity index is 1350. The van der Waals surface area contributed by atoms with Crippen molar-refractivity contribution in [2.24, 2.45) is 0 Å². The maximum atomic E-state index is 12.4. The lowest BCUT2D eigenvalue weighted by atomic mass is 9.85. The van der Waals surface area contributed by atoms with Crippen molar-refractivity contribution in [3.8, 4) is 26.9 Å². The second kappa shape index (κ2) is 10.9. The number of hydrogen-bond donors (Lipinski definition) is 3. The largest absolute Gasteiger partial charge is 0.489 e. The van der Waals surface area contributed by atoms with Gasteiger partial charge in [0.15, 0.2) is 0 Å². The third-order valence-electron chi connectivity index (χ3n) is 5.83. The van der Waals surface area contributed by atoms with Crippen molar-refractivity contribution in [2.75, 3.05) is 18.5 Å². The van der Waals surface area contributed by atoms with Crippen LogP contribution in [-0.4, -0.2) is 43.4 Å². The number of sulfonamides is 1. The number of aromatic nitrogens is 2. The molecular formula is C25H31N5O4S2. The molecule has 1 amide bonds. The number of carbonyl (C=O) groups is 1. The van der Waals surface area contributed by atoms with Crippen molar-refractivity contribution >= 4 is 33.0 Å². The van der Waals surface area contributed by atoms with E-state index >= 15 is 0 Å². The number of amides is 1. The number of hydrogen-bond acceptors (Lipinski definition) is 8. The zero-order valence-corrected chi connectivity index (χ0v) is 22.2. The first-order valence-electron chi connectivity index (χ1n) is 11.9. The first-order chi connectivity index (χ1) is 17.1. The zero-order chi connectivity index (χ0) is 25.9. The van der Waals surface area contributed by atoms with Gasteiger partial charge in [-0.3, -0.25) is 4.79 Å². The van der Waals surface area contributed by atoms with E-state index in [1.54, 1.807) is 0 Å². The number of carbonyl (C=O) groups excluding carboxylic acids is 1. The molecule has 1 aromatic heterocycles. The summed E-state index contributed by atoms with van der Waals surface area (Å²) >= 11 is 1.50. The minimum absolute atomic E-state index is 0.0355. The highest BCUT2D eigenvalue weighted by molar-refractivity contribution is 7.88. The number of nitrogens with zero attached hydrogens (tertiary/aromatic N) is 2. The van der Waals surface area contributed by atoms with E-state index in [-0.39, 0.29) is 31.0 Å². The molecule has 0 bridgehead atoms. The summed E-state index contributed by atoms with van der Waals surface area (Å²) in [6.45, 7) is 3.99. The fourth-order valence-electron chi connectivity index (χ4n) is 4.31. The van der Waals surface area contributed by atoms with E-state index in [0.29, 0.717) is 11.4 Å². The molecule has 0 radical (unpaired) electrons. The average Bonchev–Trinajstić information content (AvgIpc) is 3.29. The van der Waals surface area contributed by atoms with Gasteiger partial charge in [0, 0.05) is 24.1 Å². The summed E-state index contributed by atoms with van der Waals surface area (Å²) < 4.78 is 30.6. The summed E-state index contributed by atoms with van der Waals surface area (Å²) in [6.07, 6.45) is 3.84. The highest BCUT2D eigenvalue weighted by Gasteiger charge is 2.25. The number of nitrogen functional groups attached to an aromatic ring is 1. The Kier molecular flexibility index (Phi) is 7.91. The van der Waals surface area contributed by atoms with Crippen LogP contribution in [0.15, 0.2) is 36.4 Å².